The summed E-state index contributed by atoms with van der Waals surface area (Å²) >= 11 is 0. The second-order valence-electron chi connectivity index (χ2n) is 9.60. The third-order valence-corrected chi connectivity index (χ3v) is 6.94. The number of piperazine rings is 1. The molecule has 0 bridgehead atoms. The molecule has 3 aromatic rings. The van der Waals surface area contributed by atoms with Crippen LogP contribution in [-0.2, 0) is 6.42 Å². The Kier molecular flexibility index (Phi) is 9.36. The number of nitrogens with zero attached hydrogens (tertiary/aromatic N) is 5. The number of nitrogens with one attached hydrogen (secondary N) is 2. The average molecular weight is 488 g/mol. The molecule has 2 aromatic heterocycles. The molecule has 1 aromatic carbocycles. The van der Waals surface area contributed by atoms with Gasteiger partial charge in [0.25, 0.3) is 0 Å². The molecule has 0 amide bonds. The molecule has 1 aliphatic rings. The van der Waals surface area contributed by atoms with E-state index in [1.807, 2.05) is 25.4 Å². The van der Waals surface area contributed by atoms with Crippen LogP contribution in [0.2, 0.25) is 0 Å². The van der Waals surface area contributed by atoms with Gasteiger partial charge in [-0.3, -0.25) is 0 Å². The summed E-state index contributed by atoms with van der Waals surface area (Å²) in [6.45, 7) is 7.83. The summed E-state index contributed by atoms with van der Waals surface area (Å²) in [6.07, 6.45) is 11.0. The minimum Gasteiger partial charge on any atom is -0.373 e. The zero-order chi connectivity index (χ0) is 25.2. The van der Waals surface area contributed by atoms with Crippen molar-refractivity contribution in [1.29, 1.82) is 0 Å². The van der Waals surface area contributed by atoms with Crippen LogP contribution in [0.4, 0.5) is 29.1 Å². The Balaban J connectivity index is 1.37. The SMILES string of the molecule is CCCCCCCCc1ccc(Nc2nc(N3CCN(c4ccccn4)CC3)nc(NC)c2C)cc1. The van der Waals surface area contributed by atoms with Crippen LogP contribution < -0.4 is 20.4 Å². The molecule has 1 aliphatic heterocycles. The highest BCUT2D eigenvalue weighted by molar-refractivity contribution is 5.67. The molecule has 0 spiro atoms. The molecule has 2 N–H and O–H groups in total. The van der Waals surface area contributed by atoms with Gasteiger partial charge in [-0.2, -0.15) is 9.97 Å². The molecule has 3 heterocycles. The van der Waals surface area contributed by atoms with Gasteiger partial charge in [0.05, 0.1) is 0 Å². The maximum atomic E-state index is 4.93. The summed E-state index contributed by atoms with van der Waals surface area (Å²) in [5.41, 5.74) is 3.47. The minimum absolute atomic E-state index is 0.757. The maximum Gasteiger partial charge on any atom is 0.229 e. The molecule has 7 heteroatoms. The zero-order valence-corrected chi connectivity index (χ0v) is 22.1. The van der Waals surface area contributed by atoms with Crippen molar-refractivity contribution in [2.75, 3.05) is 53.7 Å². The highest BCUT2D eigenvalue weighted by Crippen LogP contribution is 2.27. The fraction of sp³-hybridized carbons (Fsp3) is 0.483. The lowest BCUT2D eigenvalue weighted by atomic mass is 10.0. The Morgan fingerprint density at radius 3 is 2.19 bits per heavy atom. The van der Waals surface area contributed by atoms with Crippen molar-refractivity contribution in [1.82, 2.24) is 15.0 Å². The van der Waals surface area contributed by atoms with Gasteiger partial charge >= 0.3 is 0 Å². The summed E-state index contributed by atoms with van der Waals surface area (Å²) in [5.74, 6) is 3.49. The molecule has 4 rings (SSSR count). The Labute approximate surface area is 216 Å². The topological polar surface area (TPSA) is 69.2 Å². The Morgan fingerprint density at radius 1 is 0.806 bits per heavy atom. The van der Waals surface area contributed by atoms with E-state index in [2.05, 4.69) is 69.6 Å². The fourth-order valence-corrected chi connectivity index (χ4v) is 4.69. The van der Waals surface area contributed by atoms with Crippen LogP contribution in [0.25, 0.3) is 0 Å². The van der Waals surface area contributed by atoms with Gasteiger partial charge in [0, 0.05) is 50.7 Å². The first-order chi connectivity index (χ1) is 17.7. The fourth-order valence-electron chi connectivity index (χ4n) is 4.69. The van der Waals surface area contributed by atoms with Crippen molar-refractivity contribution >= 4 is 29.1 Å². The number of pyridine rings is 1. The van der Waals surface area contributed by atoms with Crippen molar-refractivity contribution in [3.05, 3.63) is 59.8 Å². The van der Waals surface area contributed by atoms with E-state index in [9.17, 15) is 0 Å². The van der Waals surface area contributed by atoms with Gasteiger partial charge in [-0.15, -0.1) is 0 Å². The summed E-state index contributed by atoms with van der Waals surface area (Å²) in [7, 11) is 1.92. The number of hydrogen-bond acceptors (Lipinski definition) is 7. The predicted octanol–water partition coefficient (Wildman–Crippen LogP) is 6.19. The first-order valence-corrected chi connectivity index (χ1v) is 13.5. The van der Waals surface area contributed by atoms with E-state index in [-0.39, 0.29) is 0 Å². The number of rotatable bonds is 12. The number of hydrogen-bond donors (Lipinski definition) is 2. The molecule has 0 unspecified atom stereocenters. The number of unbranched alkanes of at least 4 members (excludes halogenated alkanes) is 5. The largest absolute Gasteiger partial charge is 0.373 e. The van der Waals surface area contributed by atoms with Gasteiger partial charge in [0.15, 0.2) is 0 Å². The molecule has 7 nitrogen and oxygen atoms in total. The van der Waals surface area contributed by atoms with E-state index in [0.29, 0.717) is 0 Å². The number of aromatic nitrogens is 3. The standard InChI is InChI=1S/C29H41N7/c1-4-5-6-7-8-9-12-24-14-16-25(17-15-24)32-28-23(2)27(30-3)33-29(34-28)36-21-19-35(20-22-36)26-13-10-11-18-31-26/h10-11,13-18H,4-9,12,19-22H2,1-3H3,(H2,30,32,33,34). The third kappa shape index (κ3) is 6.86. The maximum absolute atomic E-state index is 4.93. The number of aryl methyl sites for hydroxylation is 1. The van der Waals surface area contributed by atoms with E-state index < -0.39 is 0 Å². The highest BCUT2D eigenvalue weighted by Gasteiger charge is 2.22. The molecule has 0 saturated carbocycles. The van der Waals surface area contributed by atoms with Crippen LogP contribution in [0.15, 0.2) is 48.7 Å². The smallest absolute Gasteiger partial charge is 0.229 e. The van der Waals surface area contributed by atoms with Crippen LogP contribution in [0.3, 0.4) is 0 Å². The normalized spacial score (nSPS) is 13.6. The molecule has 0 atom stereocenters. The van der Waals surface area contributed by atoms with Crippen molar-refractivity contribution in [3.8, 4) is 0 Å². The zero-order valence-electron chi connectivity index (χ0n) is 22.1. The number of anilines is 5. The molecule has 192 valence electrons. The lowest BCUT2D eigenvalue weighted by molar-refractivity contribution is 0.607. The van der Waals surface area contributed by atoms with Crippen LogP contribution >= 0.6 is 0 Å². The van der Waals surface area contributed by atoms with E-state index in [1.165, 1.54) is 44.1 Å². The Morgan fingerprint density at radius 2 is 1.50 bits per heavy atom. The van der Waals surface area contributed by atoms with Crippen molar-refractivity contribution < 1.29 is 0 Å². The van der Waals surface area contributed by atoms with Gasteiger partial charge < -0.3 is 20.4 Å². The van der Waals surface area contributed by atoms with Crippen molar-refractivity contribution in [2.24, 2.45) is 0 Å². The Hall–Kier alpha value is -3.35. The van der Waals surface area contributed by atoms with E-state index >= 15 is 0 Å². The molecule has 1 saturated heterocycles. The van der Waals surface area contributed by atoms with Crippen LogP contribution in [0, 0.1) is 6.92 Å². The molecule has 1 fully saturated rings. The van der Waals surface area contributed by atoms with E-state index in [0.717, 1.165) is 67.3 Å². The summed E-state index contributed by atoms with van der Waals surface area (Å²) < 4.78 is 0. The van der Waals surface area contributed by atoms with Gasteiger partial charge in [0.2, 0.25) is 5.95 Å². The number of benzene rings is 1. The van der Waals surface area contributed by atoms with Crippen molar-refractivity contribution in [3.63, 3.8) is 0 Å². The monoisotopic (exact) mass is 487 g/mol. The first kappa shape index (κ1) is 25.7. The second kappa shape index (κ2) is 13.1. The third-order valence-electron chi connectivity index (χ3n) is 6.94. The predicted molar refractivity (Wildman–Crippen MR) is 152 cm³/mol. The minimum atomic E-state index is 0.757. The molecular formula is C29H41N7. The lowest BCUT2D eigenvalue weighted by Gasteiger charge is -2.35. The van der Waals surface area contributed by atoms with Gasteiger partial charge in [-0.05, 0) is 49.6 Å². The summed E-state index contributed by atoms with van der Waals surface area (Å²) in [6, 6.07) is 14.9. The molecule has 0 radical (unpaired) electrons. The van der Waals surface area contributed by atoms with Gasteiger partial charge in [-0.1, -0.05) is 57.2 Å². The molecule has 0 aliphatic carbocycles. The first-order valence-electron chi connectivity index (χ1n) is 13.5. The van der Waals surface area contributed by atoms with Crippen LogP contribution in [0.1, 0.15) is 56.6 Å². The van der Waals surface area contributed by atoms with Crippen LogP contribution in [0.5, 0.6) is 0 Å². The van der Waals surface area contributed by atoms with Gasteiger partial charge in [-0.25, -0.2) is 4.98 Å². The average Bonchev–Trinajstić information content (AvgIpc) is 2.93. The summed E-state index contributed by atoms with van der Waals surface area (Å²) in [5, 5.41) is 6.79. The van der Waals surface area contributed by atoms with E-state index in [1.54, 1.807) is 0 Å². The van der Waals surface area contributed by atoms with Crippen molar-refractivity contribution in [2.45, 2.75) is 58.8 Å². The van der Waals surface area contributed by atoms with Crippen LogP contribution in [-0.4, -0.2) is 48.2 Å². The van der Waals surface area contributed by atoms with Gasteiger partial charge in [0.1, 0.15) is 17.5 Å². The summed E-state index contributed by atoms with van der Waals surface area (Å²) in [4.78, 5) is 18.8. The van der Waals surface area contributed by atoms with E-state index in [4.69, 9.17) is 9.97 Å². The highest BCUT2D eigenvalue weighted by atomic mass is 15.3. The molecule has 36 heavy (non-hydrogen) atoms. The quantitative estimate of drug-likeness (QED) is 0.295. The second-order valence-corrected chi connectivity index (χ2v) is 9.60. The molecular weight excluding hydrogens is 446 g/mol. The Bertz CT molecular complexity index is 1060. The lowest BCUT2D eigenvalue weighted by Crippen LogP contribution is -2.47.